The van der Waals surface area contributed by atoms with Gasteiger partial charge in [-0.3, -0.25) is 19.3 Å². The predicted octanol–water partition coefficient (Wildman–Crippen LogP) is 5.61. The van der Waals surface area contributed by atoms with Crippen LogP contribution in [0.3, 0.4) is 0 Å². The van der Waals surface area contributed by atoms with Crippen LogP contribution in [0.25, 0.3) is 11.3 Å². The molecule has 0 fully saturated rings. The third-order valence-corrected chi connectivity index (χ3v) is 6.99. The summed E-state index contributed by atoms with van der Waals surface area (Å²) in [7, 11) is 0. The number of nitrogens with zero attached hydrogens (tertiary/aromatic N) is 2. The van der Waals surface area contributed by atoms with E-state index in [0.717, 1.165) is 34.6 Å². The standard InChI is InChI=1S/C29H25N3O3S/c1-2-8-19-13-15-21(16-14-19)24-18-36-29(30-24)31-26(33)25(17-20-9-4-3-5-10-20)32-27(34)22-11-6-7-12-23(22)28(32)35/h3-7,9-16,18,25H,2,8,17H2,1H3,(H,30,31,33). The maximum atomic E-state index is 13.5. The Kier molecular flexibility index (Phi) is 6.73. The second kappa shape index (κ2) is 10.3. The van der Waals surface area contributed by atoms with Crippen LogP contribution in [-0.4, -0.2) is 33.6 Å². The first-order valence-electron chi connectivity index (χ1n) is 11.9. The van der Waals surface area contributed by atoms with Gasteiger partial charge in [-0.15, -0.1) is 11.3 Å². The molecule has 1 atom stereocenters. The molecule has 0 saturated heterocycles. The zero-order valence-corrected chi connectivity index (χ0v) is 20.6. The van der Waals surface area contributed by atoms with Crippen molar-refractivity contribution < 1.29 is 14.4 Å². The number of thiazole rings is 1. The van der Waals surface area contributed by atoms with Crippen molar-refractivity contribution in [3.05, 3.63) is 106 Å². The van der Waals surface area contributed by atoms with Gasteiger partial charge >= 0.3 is 0 Å². The minimum atomic E-state index is -1.01. The first-order valence-corrected chi connectivity index (χ1v) is 12.8. The Morgan fingerprint density at radius 2 is 1.53 bits per heavy atom. The monoisotopic (exact) mass is 495 g/mol. The summed E-state index contributed by atoms with van der Waals surface area (Å²) in [5.74, 6) is -1.37. The van der Waals surface area contributed by atoms with Crippen molar-refractivity contribution in [2.24, 2.45) is 0 Å². The third-order valence-electron chi connectivity index (χ3n) is 6.23. The van der Waals surface area contributed by atoms with Crippen molar-refractivity contribution in [3.8, 4) is 11.3 Å². The zero-order valence-electron chi connectivity index (χ0n) is 19.8. The SMILES string of the molecule is CCCc1ccc(-c2csc(NC(=O)C(Cc3ccccc3)N3C(=O)c4ccccc4C3=O)n2)cc1. The van der Waals surface area contributed by atoms with Crippen LogP contribution in [0.5, 0.6) is 0 Å². The Labute approximate surface area is 213 Å². The Morgan fingerprint density at radius 3 is 2.17 bits per heavy atom. The predicted molar refractivity (Wildman–Crippen MR) is 141 cm³/mol. The fourth-order valence-electron chi connectivity index (χ4n) is 4.41. The lowest BCUT2D eigenvalue weighted by molar-refractivity contribution is -0.119. The van der Waals surface area contributed by atoms with Gasteiger partial charge in [-0.05, 0) is 29.7 Å². The maximum Gasteiger partial charge on any atom is 0.262 e. The number of aromatic nitrogens is 1. The Morgan fingerprint density at radius 1 is 0.889 bits per heavy atom. The van der Waals surface area contributed by atoms with Crippen LogP contribution in [-0.2, 0) is 17.6 Å². The molecule has 2 heterocycles. The van der Waals surface area contributed by atoms with Gasteiger partial charge in [0.05, 0.1) is 16.8 Å². The number of benzene rings is 3. The van der Waals surface area contributed by atoms with Crippen LogP contribution in [0.4, 0.5) is 5.13 Å². The number of rotatable bonds is 8. The van der Waals surface area contributed by atoms with Gasteiger partial charge in [0.2, 0.25) is 5.91 Å². The highest BCUT2D eigenvalue weighted by molar-refractivity contribution is 7.14. The molecule has 0 aliphatic carbocycles. The Balaban J connectivity index is 1.39. The van der Waals surface area contributed by atoms with Gasteiger partial charge in [-0.25, -0.2) is 4.98 Å². The lowest BCUT2D eigenvalue weighted by Gasteiger charge is -2.25. The summed E-state index contributed by atoms with van der Waals surface area (Å²) in [5.41, 5.74) is 4.48. The molecule has 5 rings (SSSR count). The van der Waals surface area contributed by atoms with E-state index in [4.69, 9.17) is 0 Å². The molecule has 0 radical (unpaired) electrons. The summed E-state index contributed by atoms with van der Waals surface area (Å²) >= 11 is 1.31. The number of fused-ring (bicyclic) bond motifs is 1. The number of hydrogen-bond acceptors (Lipinski definition) is 5. The molecule has 1 unspecified atom stereocenters. The molecule has 36 heavy (non-hydrogen) atoms. The zero-order chi connectivity index (χ0) is 25.1. The highest BCUT2D eigenvalue weighted by Crippen LogP contribution is 2.29. The van der Waals surface area contributed by atoms with Crippen LogP contribution in [0.15, 0.2) is 84.2 Å². The van der Waals surface area contributed by atoms with E-state index < -0.39 is 23.8 Å². The van der Waals surface area contributed by atoms with E-state index >= 15 is 0 Å². The molecule has 0 spiro atoms. The normalized spacial score (nSPS) is 13.5. The average molecular weight is 496 g/mol. The first kappa shape index (κ1) is 23.6. The van der Waals surface area contributed by atoms with Crippen LogP contribution >= 0.6 is 11.3 Å². The lowest BCUT2D eigenvalue weighted by Crippen LogP contribution is -2.48. The second-order valence-electron chi connectivity index (χ2n) is 8.71. The average Bonchev–Trinajstić information content (AvgIpc) is 3.46. The molecule has 1 aliphatic heterocycles. The van der Waals surface area contributed by atoms with Gasteiger partial charge in [0.1, 0.15) is 6.04 Å². The van der Waals surface area contributed by atoms with Crippen molar-refractivity contribution in [1.29, 1.82) is 0 Å². The summed E-state index contributed by atoms with van der Waals surface area (Å²) in [6.07, 6.45) is 2.32. The van der Waals surface area contributed by atoms with E-state index in [1.165, 1.54) is 16.9 Å². The van der Waals surface area contributed by atoms with E-state index in [0.29, 0.717) is 16.3 Å². The molecule has 1 aliphatic rings. The third kappa shape index (κ3) is 4.70. The molecule has 3 aromatic carbocycles. The molecule has 4 aromatic rings. The second-order valence-corrected chi connectivity index (χ2v) is 9.56. The number of aryl methyl sites for hydroxylation is 1. The maximum absolute atomic E-state index is 13.5. The minimum absolute atomic E-state index is 0.204. The molecule has 7 heteroatoms. The topological polar surface area (TPSA) is 79.4 Å². The van der Waals surface area contributed by atoms with E-state index in [9.17, 15) is 14.4 Å². The molecule has 3 amide bonds. The molecule has 6 nitrogen and oxygen atoms in total. The van der Waals surface area contributed by atoms with Gasteiger partial charge in [0.15, 0.2) is 5.13 Å². The van der Waals surface area contributed by atoms with Gasteiger partial charge in [-0.1, -0.05) is 80.1 Å². The molecule has 0 saturated carbocycles. The smallest absolute Gasteiger partial charge is 0.262 e. The molecular formula is C29H25N3O3S. The number of hydrogen-bond donors (Lipinski definition) is 1. The number of anilines is 1. The Bertz CT molecular complexity index is 1380. The van der Waals surface area contributed by atoms with Crippen molar-refractivity contribution in [2.45, 2.75) is 32.2 Å². The van der Waals surface area contributed by atoms with E-state index in [2.05, 4.69) is 29.4 Å². The van der Waals surface area contributed by atoms with Gasteiger partial charge in [0.25, 0.3) is 11.8 Å². The summed E-state index contributed by atoms with van der Waals surface area (Å²) in [5, 5.41) is 5.16. The fourth-order valence-corrected chi connectivity index (χ4v) is 5.14. The van der Waals surface area contributed by atoms with Crippen LogP contribution in [0, 0.1) is 0 Å². The quantitative estimate of drug-likeness (QED) is 0.322. The molecule has 1 aromatic heterocycles. The number of carbonyl (C=O) groups is 3. The summed E-state index contributed by atoms with van der Waals surface area (Å²) in [6, 6.07) is 23.3. The van der Waals surface area contributed by atoms with Crippen molar-refractivity contribution >= 4 is 34.2 Å². The Hall–Kier alpha value is -4.10. The molecular weight excluding hydrogens is 470 g/mol. The van der Waals surface area contributed by atoms with Gasteiger partial charge < -0.3 is 5.32 Å². The van der Waals surface area contributed by atoms with E-state index in [1.807, 2.05) is 47.8 Å². The number of carbonyl (C=O) groups excluding carboxylic acids is 3. The minimum Gasteiger partial charge on any atom is -0.300 e. The number of amides is 3. The number of nitrogens with one attached hydrogen (secondary N) is 1. The molecule has 1 N–H and O–H groups in total. The lowest BCUT2D eigenvalue weighted by atomic mass is 10.0. The summed E-state index contributed by atoms with van der Waals surface area (Å²) in [6.45, 7) is 2.15. The highest BCUT2D eigenvalue weighted by atomic mass is 32.1. The summed E-state index contributed by atoms with van der Waals surface area (Å²) < 4.78 is 0. The highest BCUT2D eigenvalue weighted by Gasteiger charge is 2.42. The molecule has 0 bridgehead atoms. The van der Waals surface area contributed by atoms with E-state index in [1.54, 1.807) is 24.3 Å². The van der Waals surface area contributed by atoms with Gasteiger partial charge in [-0.2, -0.15) is 0 Å². The molecule has 180 valence electrons. The largest absolute Gasteiger partial charge is 0.300 e. The van der Waals surface area contributed by atoms with Crippen LogP contribution in [0.1, 0.15) is 45.2 Å². The van der Waals surface area contributed by atoms with E-state index in [-0.39, 0.29) is 6.42 Å². The summed E-state index contributed by atoms with van der Waals surface area (Å²) in [4.78, 5) is 45.5. The van der Waals surface area contributed by atoms with Gasteiger partial charge in [0, 0.05) is 17.4 Å². The van der Waals surface area contributed by atoms with Crippen molar-refractivity contribution in [3.63, 3.8) is 0 Å². The first-order chi connectivity index (χ1) is 17.5. The van der Waals surface area contributed by atoms with Crippen LogP contribution < -0.4 is 5.32 Å². The van der Waals surface area contributed by atoms with Crippen LogP contribution in [0.2, 0.25) is 0 Å². The van der Waals surface area contributed by atoms with Crippen molar-refractivity contribution in [2.75, 3.05) is 5.32 Å². The fraction of sp³-hybridized carbons (Fsp3) is 0.172. The van der Waals surface area contributed by atoms with Crippen molar-refractivity contribution in [1.82, 2.24) is 9.88 Å². The number of imide groups is 1.